The van der Waals surface area contributed by atoms with Crippen LogP contribution in [-0.4, -0.2) is 45.8 Å². The molecule has 1 saturated heterocycles. The molecular weight excluding hydrogens is 284 g/mol. The quantitative estimate of drug-likeness (QED) is 0.871. The molecule has 1 N–H and O–H groups in total. The van der Waals surface area contributed by atoms with Crippen LogP contribution in [-0.2, 0) is 9.59 Å². The number of carbonyl (C=O) groups excluding carboxylic acids is 2. The lowest BCUT2D eigenvalue weighted by Gasteiger charge is -2.46. The van der Waals surface area contributed by atoms with Crippen LogP contribution in [0.15, 0.2) is 0 Å². The van der Waals surface area contributed by atoms with Crippen molar-refractivity contribution in [3.63, 3.8) is 0 Å². The van der Waals surface area contributed by atoms with Gasteiger partial charge in [0.1, 0.15) is 12.1 Å². The minimum absolute atomic E-state index is 0.0123. The van der Waals surface area contributed by atoms with Gasteiger partial charge in [0.05, 0.1) is 0 Å². The van der Waals surface area contributed by atoms with Gasteiger partial charge in [-0.25, -0.2) is 0 Å². The zero-order chi connectivity index (χ0) is 15.8. The molecule has 4 nitrogen and oxygen atoms in total. The Bertz CT molecular complexity index is 419. The smallest absolute Gasteiger partial charge is 0.246 e. The number of nitrogens with one attached hydrogen (secondary N) is 1. The van der Waals surface area contributed by atoms with Gasteiger partial charge < -0.3 is 10.2 Å². The third-order valence-electron chi connectivity index (χ3n) is 4.61. The van der Waals surface area contributed by atoms with Gasteiger partial charge in [0.15, 0.2) is 0 Å². The molecule has 120 valence electrons. The fraction of sp³-hybridized carbons (Fsp3) is 0.875. The summed E-state index contributed by atoms with van der Waals surface area (Å²) in [5, 5.41) is 3.40. The summed E-state index contributed by atoms with van der Waals surface area (Å²) >= 11 is 1.93. The summed E-state index contributed by atoms with van der Waals surface area (Å²) < 4.78 is 0. The minimum atomic E-state index is -0.408. The lowest BCUT2D eigenvalue weighted by atomic mass is 9.83. The molecule has 4 unspecified atom stereocenters. The Hall–Kier alpha value is -0.710. The first kappa shape index (κ1) is 16.7. The van der Waals surface area contributed by atoms with Crippen LogP contribution in [0.5, 0.6) is 0 Å². The van der Waals surface area contributed by atoms with E-state index in [0.717, 1.165) is 25.0 Å². The fourth-order valence-corrected chi connectivity index (χ4v) is 4.71. The van der Waals surface area contributed by atoms with Crippen molar-refractivity contribution < 1.29 is 9.59 Å². The van der Waals surface area contributed by atoms with E-state index < -0.39 is 6.04 Å². The summed E-state index contributed by atoms with van der Waals surface area (Å²) in [6.45, 7) is 10.1. The van der Waals surface area contributed by atoms with Crippen LogP contribution in [0.1, 0.15) is 53.9 Å². The lowest BCUT2D eigenvalue weighted by molar-refractivity contribution is -0.154. The molecule has 1 aliphatic carbocycles. The van der Waals surface area contributed by atoms with Crippen LogP contribution < -0.4 is 5.32 Å². The molecule has 5 heteroatoms. The molecule has 0 spiro atoms. The summed E-state index contributed by atoms with van der Waals surface area (Å²) in [7, 11) is 0. The van der Waals surface area contributed by atoms with E-state index in [2.05, 4.69) is 12.2 Å². The van der Waals surface area contributed by atoms with E-state index in [-0.39, 0.29) is 29.3 Å². The fourth-order valence-electron chi connectivity index (χ4n) is 3.46. The highest BCUT2D eigenvalue weighted by Crippen LogP contribution is 2.37. The van der Waals surface area contributed by atoms with Crippen molar-refractivity contribution in [3.8, 4) is 0 Å². The van der Waals surface area contributed by atoms with Gasteiger partial charge in [-0.05, 0) is 30.9 Å². The molecular formula is C16H28N2O2S. The highest BCUT2D eigenvalue weighted by molar-refractivity contribution is 7.99. The van der Waals surface area contributed by atoms with Crippen molar-refractivity contribution in [2.75, 3.05) is 5.75 Å². The number of piperazine rings is 1. The molecule has 2 aliphatic rings. The van der Waals surface area contributed by atoms with Gasteiger partial charge in [-0.3, -0.25) is 9.59 Å². The number of amides is 2. The van der Waals surface area contributed by atoms with E-state index in [9.17, 15) is 9.59 Å². The maximum Gasteiger partial charge on any atom is 0.246 e. The van der Waals surface area contributed by atoms with Crippen molar-refractivity contribution >= 4 is 23.6 Å². The van der Waals surface area contributed by atoms with Crippen LogP contribution in [0.25, 0.3) is 0 Å². The minimum Gasteiger partial charge on any atom is -0.342 e. The third-order valence-corrected chi connectivity index (χ3v) is 5.92. The summed E-state index contributed by atoms with van der Waals surface area (Å²) in [6.07, 6.45) is 3.33. The lowest BCUT2D eigenvalue weighted by Crippen LogP contribution is -2.68. The number of rotatable bonds is 3. The Morgan fingerprint density at radius 1 is 1.29 bits per heavy atom. The van der Waals surface area contributed by atoms with Crippen molar-refractivity contribution in [2.24, 2.45) is 5.41 Å². The van der Waals surface area contributed by atoms with Gasteiger partial charge in [-0.15, -0.1) is 0 Å². The maximum absolute atomic E-state index is 13.0. The average Bonchev–Trinajstić information content (AvgIpc) is 2.81. The number of carbonyl (C=O) groups is 2. The Morgan fingerprint density at radius 3 is 2.52 bits per heavy atom. The molecule has 0 radical (unpaired) electrons. The van der Waals surface area contributed by atoms with Crippen LogP contribution >= 0.6 is 11.8 Å². The normalized spacial score (nSPS) is 34.2. The topological polar surface area (TPSA) is 49.4 Å². The molecule has 0 aromatic rings. The summed E-state index contributed by atoms with van der Waals surface area (Å²) in [5.74, 6) is 1.15. The predicted octanol–water partition coefficient (Wildman–Crippen LogP) is 2.42. The standard InChI is InChI=1S/C16H28N2O2S/c1-6-21-12-9-7-8-11(12)18-10(2)14(19)17-13(15(18)20)16(3,4)5/h10-13H,6-9H2,1-5H3,(H,17,19). The predicted molar refractivity (Wildman–Crippen MR) is 87.3 cm³/mol. The summed E-state index contributed by atoms with van der Waals surface area (Å²) in [4.78, 5) is 27.2. The number of hydrogen-bond acceptors (Lipinski definition) is 3. The Balaban J connectivity index is 2.26. The Labute approximate surface area is 132 Å². The Kier molecular flexibility index (Phi) is 4.91. The highest BCUT2D eigenvalue weighted by atomic mass is 32.2. The van der Waals surface area contributed by atoms with E-state index in [1.54, 1.807) is 0 Å². The second-order valence-electron chi connectivity index (χ2n) is 7.22. The zero-order valence-electron chi connectivity index (χ0n) is 13.8. The van der Waals surface area contributed by atoms with Crippen molar-refractivity contribution in [1.82, 2.24) is 10.2 Å². The SMILES string of the molecule is CCSC1CCCC1N1C(=O)C(C(C)(C)C)NC(=O)C1C. The third kappa shape index (κ3) is 3.22. The molecule has 0 aromatic heterocycles. The second kappa shape index (κ2) is 6.19. The largest absolute Gasteiger partial charge is 0.342 e. The van der Waals surface area contributed by atoms with E-state index in [4.69, 9.17) is 0 Å². The van der Waals surface area contributed by atoms with Crippen molar-refractivity contribution in [2.45, 2.75) is 77.3 Å². The molecule has 0 bridgehead atoms. The molecule has 2 amide bonds. The maximum atomic E-state index is 13.0. The van der Waals surface area contributed by atoms with Crippen LogP contribution in [0, 0.1) is 5.41 Å². The number of hydrogen-bond donors (Lipinski definition) is 1. The van der Waals surface area contributed by atoms with Gasteiger partial charge >= 0.3 is 0 Å². The van der Waals surface area contributed by atoms with Crippen molar-refractivity contribution in [1.29, 1.82) is 0 Å². The molecule has 1 saturated carbocycles. The van der Waals surface area contributed by atoms with Gasteiger partial charge in [0, 0.05) is 11.3 Å². The summed E-state index contributed by atoms with van der Waals surface area (Å²) in [6, 6.07) is -0.540. The average molecular weight is 312 g/mol. The Morgan fingerprint density at radius 2 is 1.95 bits per heavy atom. The van der Waals surface area contributed by atoms with Crippen LogP contribution in [0.3, 0.4) is 0 Å². The molecule has 4 atom stereocenters. The number of thioether (sulfide) groups is 1. The van der Waals surface area contributed by atoms with E-state index >= 15 is 0 Å². The number of nitrogens with zero attached hydrogens (tertiary/aromatic N) is 1. The van der Waals surface area contributed by atoms with Crippen LogP contribution in [0.4, 0.5) is 0 Å². The van der Waals surface area contributed by atoms with E-state index in [1.807, 2.05) is 44.4 Å². The van der Waals surface area contributed by atoms with E-state index in [1.165, 1.54) is 0 Å². The molecule has 1 heterocycles. The van der Waals surface area contributed by atoms with Gasteiger partial charge in [0.25, 0.3) is 0 Å². The molecule has 2 fully saturated rings. The van der Waals surface area contributed by atoms with Gasteiger partial charge in [-0.2, -0.15) is 11.8 Å². The van der Waals surface area contributed by atoms with Gasteiger partial charge in [-0.1, -0.05) is 34.1 Å². The zero-order valence-corrected chi connectivity index (χ0v) is 14.6. The molecule has 21 heavy (non-hydrogen) atoms. The molecule has 0 aromatic carbocycles. The monoisotopic (exact) mass is 312 g/mol. The second-order valence-corrected chi connectivity index (χ2v) is 8.74. The molecule has 2 rings (SSSR count). The first-order valence-electron chi connectivity index (χ1n) is 8.01. The van der Waals surface area contributed by atoms with E-state index in [0.29, 0.717) is 5.25 Å². The van der Waals surface area contributed by atoms with Crippen LogP contribution in [0.2, 0.25) is 0 Å². The van der Waals surface area contributed by atoms with Crippen molar-refractivity contribution in [3.05, 3.63) is 0 Å². The first-order valence-corrected chi connectivity index (χ1v) is 9.06. The molecule has 1 aliphatic heterocycles. The first-order chi connectivity index (χ1) is 9.77. The summed E-state index contributed by atoms with van der Waals surface area (Å²) in [5.41, 5.74) is -0.253. The highest BCUT2D eigenvalue weighted by Gasteiger charge is 2.48. The van der Waals surface area contributed by atoms with Gasteiger partial charge in [0.2, 0.25) is 11.8 Å².